The standard InChI is InChI=1S/C77H107N17O24S2/c1-38(2)25-51(69(110)88-54(29-63(103)104)67(108)80-31-47-12-14-48(15-13-47)32-81-68(109)57(83-43(8)98)33-78-41(6)96)85-74(115)60-37-120-119-36-59(91-75(116)61-11-10-24-94(61)77(118)56(26-39(3)4)90-72(113)58(84-44(9)99)34-79-42(7)97)73(114)89-55(30-64(105)106)71(112)87-53(28-46-18-22-50(101)23-19-46)70(111)86-52(27-45-16-20-49(100)21-17-45)66(107)82-35-62(102)93-65(40(5)95)76(117)92-60/h12-23,38-40,51-61,65,95,100-101H,10-11,24-37H2,1-9H3,(H,78,96)(H,79,97)(H,80,108)(H,81,109)(H,82,107)(H,83,98)(H,84,99)(H,85,115)(H,86,111)(H,87,112)(H,88,110)(H,89,114)(H,90,113)(H,91,116)(H,92,117)(H,93,102)(H,103,104)(H,105,106)/t40?,51-,52-,53-,54-,55-,56?,57?,58?,59-,60-,61-,65-/m0/s1. The number of phenolic OH excluding ortho intramolecular Hbond substituents is 2. The van der Waals surface area contributed by atoms with Gasteiger partial charge < -0.3 is 116 Å². The highest BCUT2D eigenvalue weighted by atomic mass is 33.1. The number of carbonyl (C=O) groups excluding carboxylic acids is 17. The molecular formula is C77H107N17O24S2. The number of carbonyl (C=O) groups is 19. The lowest BCUT2D eigenvalue weighted by Gasteiger charge is -2.31. The number of nitrogens with one attached hydrogen (secondary N) is 16. The van der Waals surface area contributed by atoms with Crippen molar-refractivity contribution in [1.29, 1.82) is 0 Å². The zero-order valence-electron chi connectivity index (χ0n) is 67.7. The quantitative estimate of drug-likeness (QED) is 0.0250. The van der Waals surface area contributed by atoms with Gasteiger partial charge in [0.1, 0.15) is 84.0 Å². The summed E-state index contributed by atoms with van der Waals surface area (Å²) in [7, 11) is 1.42. The van der Waals surface area contributed by atoms with E-state index >= 15 is 4.79 Å². The number of nitrogens with zero attached hydrogens (tertiary/aromatic N) is 1. The number of carboxylic acid groups (broad SMARTS) is 2. The number of hydrogen-bond acceptors (Lipinski definition) is 24. The zero-order chi connectivity index (χ0) is 89.2. The summed E-state index contributed by atoms with van der Waals surface area (Å²) in [5.41, 5.74) is 1.61. The maximum Gasteiger partial charge on any atom is 0.305 e. The van der Waals surface area contributed by atoms with Crippen LogP contribution in [0.1, 0.15) is 123 Å². The minimum atomic E-state index is -2.12. The second kappa shape index (κ2) is 48.7. The minimum Gasteiger partial charge on any atom is -0.508 e. The third-order valence-corrected chi connectivity index (χ3v) is 20.7. The fourth-order valence-corrected chi connectivity index (χ4v) is 14.6. The monoisotopic (exact) mass is 1720 g/mol. The Morgan fingerprint density at radius 3 is 1.43 bits per heavy atom. The number of aromatic hydroxyl groups is 2. The van der Waals surface area contributed by atoms with Crippen LogP contribution in [0.2, 0.25) is 0 Å². The molecule has 2 aliphatic rings. The predicted octanol–water partition coefficient (Wildman–Crippen LogP) is -4.62. The summed E-state index contributed by atoms with van der Waals surface area (Å²) in [6, 6.07) is -3.03. The van der Waals surface area contributed by atoms with E-state index in [0.29, 0.717) is 38.3 Å². The summed E-state index contributed by atoms with van der Waals surface area (Å²) >= 11 is 0. The number of hydrogen-bond donors (Lipinski definition) is 21. The summed E-state index contributed by atoms with van der Waals surface area (Å²) < 4.78 is 0. The molecule has 3 aromatic carbocycles. The average molecular weight is 1720 g/mol. The van der Waals surface area contributed by atoms with Gasteiger partial charge in [-0.05, 0) is 91.0 Å². The van der Waals surface area contributed by atoms with Gasteiger partial charge in [0, 0.05) is 84.8 Å². The van der Waals surface area contributed by atoms with Crippen molar-refractivity contribution in [1.82, 2.24) is 90.0 Å². The van der Waals surface area contributed by atoms with Gasteiger partial charge in [0.05, 0.1) is 25.5 Å². The van der Waals surface area contributed by atoms with Crippen molar-refractivity contribution in [3.63, 3.8) is 0 Å². The number of aliphatic hydroxyl groups is 1. The van der Waals surface area contributed by atoms with Crippen LogP contribution in [-0.2, 0) is 117 Å². The van der Waals surface area contributed by atoms with Crippen LogP contribution in [0.5, 0.6) is 11.5 Å². The zero-order valence-corrected chi connectivity index (χ0v) is 69.3. The van der Waals surface area contributed by atoms with Crippen molar-refractivity contribution in [2.45, 2.75) is 205 Å². The van der Waals surface area contributed by atoms with Crippen molar-refractivity contribution in [2.24, 2.45) is 11.8 Å². The predicted molar refractivity (Wildman–Crippen MR) is 431 cm³/mol. The summed E-state index contributed by atoms with van der Waals surface area (Å²) in [6.45, 7) is 10.7. The molecule has 0 aliphatic carbocycles. The van der Waals surface area contributed by atoms with Crippen molar-refractivity contribution in [3.8, 4) is 11.5 Å². The molecule has 43 heteroatoms. The number of aliphatic hydroxyl groups excluding tert-OH is 1. The average Bonchev–Trinajstić information content (AvgIpc) is 1.67. The third kappa shape index (κ3) is 34.4. The molecule has 2 saturated heterocycles. The van der Waals surface area contributed by atoms with E-state index in [4.69, 9.17) is 0 Å². The molecule has 0 bridgehead atoms. The second-order valence-corrected chi connectivity index (χ2v) is 32.1. The smallest absolute Gasteiger partial charge is 0.305 e. The molecule has 0 radical (unpaired) electrons. The van der Waals surface area contributed by atoms with Gasteiger partial charge in [0.2, 0.25) is 100 Å². The SMILES string of the molecule is CC(=O)NCC(NC(C)=O)C(=O)NCc1ccc(CNC(=O)[C@H](CC(=O)O)NC(=O)[C@H](CC(C)C)NC(=O)[C@@H]2CSSC[C@H](NC(=O)[C@@H]3CCCN3C(=O)C(CC(C)C)NC(=O)C(CNC(C)=O)NC(C)=O)C(=O)N[C@@H](CC(=O)O)C(=O)N[C@@H](Cc3ccc(O)cc3)C(=O)N[C@@H](Cc3ccc(O)cc3)C(=O)NCC(=O)N[C@@H](C(C)O)C(=O)N2)cc1. The molecule has 120 heavy (non-hydrogen) atoms. The van der Waals surface area contributed by atoms with E-state index in [0.717, 1.165) is 18.7 Å². The van der Waals surface area contributed by atoms with Crippen LogP contribution < -0.4 is 85.1 Å². The number of amides is 17. The molecule has 0 spiro atoms. The molecule has 2 fully saturated rings. The first kappa shape index (κ1) is 98.4. The highest BCUT2D eigenvalue weighted by Crippen LogP contribution is 2.26. The highest BCUT2D eigenvalue weighted by Gasteiger charge is 2.42. The van der Waals surface area contributed by atoms with E-state index in [-0.39, 0.29) is 87.8 Å². The Kier molecular flexibility index (Phi) is 39.9. The van der Waals surface area contributed by atoms with E-state index in [9.17, 15) is 112 Å². The van der Waals surface area contributed by atoms with E-state index in [1.165, 1.54) is 69.3 Å². The molecule has 2 aliphatic heterocycles. The second-order valence-electron chi connectivity index (χ2n) is 29.6. The fraction of sp³-hybridized carbons (Fsp3) is 0.519. The van der Waals surface area contributed by atoms with Crippen LogP contribution in [0, 0.1) is 11.8 Å². The van der Waals surface area contributed by atoms with Crippen molar-refractivity contribution >= 4 is 134 Å². The highest BCUT2D eigenvalue weighted by molar-refractivity contribution is 8.76. The van der Waals surface area contributed by atoms with Gasteiger partial charge in [-0.3, -0.25) is 91.1 Å². The van der Waals surface area contributed by atoms with Crippen LogP contribution in [-0.4, -0.2) is 259 Å². The molecule has 656 valence electrons. The van der Waals surface area contributed by atoms with Gasteiger partial charge in [-0.2, -0.15) is 0 Å². The molecule has 2 heterocycles. The Labute approximate surface area is 698 Å². The Morgan fingerprint density at radius 1 is 0.475 bits per heavy atom. The summed E-state index contributed by atoms with van der Waals surface area (Å²) in [4.78, 5) is 261. The molecule has 41 nitrogen and oxygen atoms in total. The lowest BCUT2D eigenvalue weighted by molar-refractivity contribution is -0.143. The van der Waals surface area contributed by atoms with Crippen LogP contribution in [0.15, 0.2) is 72.8 Å². The minimum absolute atomic E-state index is 0.0176. The third-order valence-electron chi connectivity index (χ3n) is 18.3. The van der Waals surface area contributed by atoms with Crippen molar-refractivity contribution in [2.75, 3.05) is 37.7 Å². The van der Waals surface area contributed by atoms with Gasteiger partial charge in [0.25, 0.3) is 0 Å². The molecule has 3 aromatic rings. The lowest BCUT2D eigenvalue weighted by Crippen LogP contribution is -2.61. The van der Waals surface area contributed by atoms with Crippen LogP contribution in [0.3, 0.4) is 0 Å². The molecule has 0 aromatic heterocycles. The van der Waals surface area contributed by atoms with Crippen LogP contribution >= 0.6 is 21.6 Å². The molecule has 13 atom stereocenters. The first-order valence-corrected chi connectivity index (χ1v) is 40.9. The summed E-state index contributed by atoms with van der Waals surface area (Å²) in [5.74, 6) is -21.4. The van der Waals surface area contributed by atoms with E-state index in [1.807, 2.05) is 0 Å². The molecule has 0 saturated carbocycles. The Bertz CT molecular complexity index is 4180. The van der Waals surface area contributed by atoms with Gasteiger partial charge in [-0.1, -0.05) is 97.8 Å². The first-order valence-electron chi connectivity index (χ1n) is 38.4. The van der Waals surface area contributed by atoms with Gasteiger partial charge in [-0.25, -0.2) is 0 Å². The topological polar surface area (TPSA) is 621 Å². The van der Waals surface area contributed by atoms with E-state index in [1.54, 1.807) is 52.0 Å². The number of carboxylic acids is 2. The van der Waals surface area contributed by atoms with Gasteiger partial charge in [0.15, 0.2) is 0 Å². The normalized spacial score (nSPS) is 19.9. The van der Waals surface area contributed by atoms with Gasteiger partial charge in [-0.15, -0.1) is 0 Å². The summed E-state index contributed by atoms with van der Waals surface area (Å²) in [6.07, 6.45) is -4.93. The number of aliphatic carboxylic acids is 2. The molecule has 4 unspecified atom stereocenters. The van der Waals surface area contributed by atoms with Crippen molar-refractivity contribution < 1.29 is 117 Å². The van der Waals surface area contributed by atoms with Crippen LogP contribution in [0.4, 0.5) is 0 Å². The molecule has 21 N–H and O–H groups in total. The summed E-state index contributed by atoms with van der Waals surface area (Å²) in [5, 5.41) is 91.3. The van der Waals surface area contributed by atoms with Gasteiger partial charge >= 0.3 is 11.9 Å². The number of benzene rings is 3. The Hall–Kier alpha value is -12.2. The van der Waals surface area contributed by atoms with Crippen molar-refractivity contribution in [3.05, 3.63) is 95.1 Å². The van der Waals surface area contributed by atoms with Crippen LogP contribution in [0.25, 0.3) is 0 Å². The first-order chi connectivity index (χ1) is 56.5. The van der Waals surface area contributed by atoms with E-state index in [2.05, 4.69) is 85.1 Å². The maximum atomic E-state index is 15.1. The largest absolute Gasteiger partial charge is 0.508 e. The Morgan fingerprint density at radius 2 is 0.933 bits per heavy atom. The number of likely N-dealkylation sites (tertiary alicyclic amines) is 1. The lowest BCUT2D eigenvalue weighted by atomic mass is 10.0. The molecule has 5 rings (SSSR count). The maximum absolute atomic E-state index is 15.1. The fourth-order valence-electron chi connectivity index (χ4n) is 12.3. The molecule has 17 amide bonds. The van der Waals surface area contributed by atoms with E-state index < -0.39 is 234 Å². The Balaban J connectivity index is 1.55. The number of rotatable bonds is 34. The molecular weight excluding hydrogens is 1610 g/mol. The number of phenols is 2.